The Labute approximate surface area is 169 Å². The number of hydrogen-bond acceptors (Lipinski definition) is 4. The Hall–Kier alpha value is -2.99. The SMILES string of the molecule is CN1CCC2(CC1)CN(C(=O)c1ccc3cn[nH]c(=O)c3c1)Cc1ccccc12. The Morgan fingerprint density at radius 3 is 2.76 bits per heavy atom. The van der Waals surface area contributed by atoms with Gasteiger partial charge >= 0.3 is 0 Å². The predicted molar refractivity (Wildman–Crippen MR) is 112 cm³/mol. The van der Waals surface area contributed by atoms with Crippen LogP contribution in [0.1, 0.15) is 34.3 Å². The molecule has 0 bridgehead atoms. The van der Waals surface area contributed by atoms with Gasteiger partial charge in [-0.05, 0) is 56.2 Å². The van der Waals surface area contributed by atoms with E-state index in [-0.39, 0.29) is 16.9 Å². The molecule has 0 radical (unpaired) electrons. The van der Waals surface area contributed by atoms with Gasteiger partial charge in [-0.15, -0.1) is 0 Å². The van der Waals surface area contributed by atoms with E-state index in [4.69, 9.17) is 0 Å². The van der Waals surface area contributed by atoms with Gasteiger partial charge in [-0.3, -0.25) is 9.59 Å². The molecular weight excluding hydrogens is 364 g/mol. The van der Waals surface area contributed by atoms with E-state index in [0.717, 1.165) is 37.9 Å². The number of nitrogens with one attached hydrogen (secondary N) is 1. The largest absolute Gasteiger partial charge is 0.333 e. The fraction of sp³-hybridized carbons (Fsp3) is 0.348. The van der Waals surface area contributed by atoms with Crippen molar-refractivity contribution < 1.29 is 4.79 Å². The fourth-order valence-corrected chi connectivity index (χ4v) is 4.91. The van der Waals surface area contributed by atoms with E-state index in [1.54, 1.807) is 24.4 Å². The molecule has 1 N–H and O–H groups in total. The number of nitrogens with zero attached hydrogens (tertiary/aromatic N) is 3. The quantitative estimate of drug-likeness (QED) is 0.696. The lowest BCUT2D eigenvalue weighted by Crippen LogP contribution is -2.52. The number of likely N-dealkylation sites (tertiary alicyclic amines) is 1. The number of rotatable bonds is 1. The third kappa shape index (κ3) is 3.04. The highest BCUT2D eigenvalue weighted by Gasteiger charge is 2.42. The highest BCUT2D eigenvalue weighted by molar-refractivity contribution is 5.98. The summed E-state index contributed by atoms with van der Waals surface area (Å²) in [6, 6.07) is 13.8. The van der Waals surface area contributed by atoms with Gasteiger partial charge in [0.25, 0.3) is 11.5 Å². The van der Waals surface area contributed by atoms with E-state index >= 15 is 0 Å². The zero-order valence-corrected chi connectivity index (χ0v) is 16.5. The van der Waals surface area contributed by atoms with Crippen LogP contribution in [0.3, 0.4) is 0 Å². The summed E-state index contributed by atoms with van der Waals surface area (Å²) in [5.41, 5.74) is 2.93. The summed E-state index contributed by atoms with van der Waals surface area (Å²) in [5.74, 6) is -0.0177. The molecule has 1 aromatic heterocycles. The topological polar surface area (TPSA) is 69.3 Å². The van der Waals surface area contributed by atoms with Gasteiger partial charge < -0.3 is 9.80 Å². The van der Waals surface area contributed by atoms with Crippen LogP contribution in [0.4, 0.5) is 0 Å². The maximum absolute atomic E-state index is 13.4. The Kier molecular flexibility index (Phi) is 4.24. The van der Waals surface area contributed by atoms with Crippen LogP contribution < -0.4 is 5.56 Å². The van der Waals surface area contributed by atoms with E-state index in [2.05, 4.69) is 46.4 Å². The van der Waals surface area contributed by atoms with Gasteiger partial charge in [0.1, 0.15) is 0 Å². The zero-order chi connectivity index (χ0) is 20.0. The van der Waals surface area contributed by atoms with Crippen LogP contribution in [0.15, 0.2) is 53.5 Å². The van der Waals surface area contributed by atoms with Crippen LogP contribution in [-0.4, -0.2) is 52.6 Å². The lowest BCUT2D eigenvalue weighted by atomic mass is 9.69. The third-order valence-electron chi connectivity index (χ3n) is 6.59. The van der Waals surface area contributed by atoms with Crippen LogP contribution in [0.5, 0.6) is 0 Å². The number of amides is 1. The molecule has 1 saturated heterocycles. The molecule has 0 aliphatic carbocycles. The first-order valence-corrected chi connectivity index (χ1v) is 10.1. The van der Waals surface area contributed by atoms with Crippen molar-refractivity contribution in [3.05, 3.63) is 75.7 Å². The second-order valence-electron chi connectivity index (χ2n) is 8.40. The maximum atomic E-state index is 13.4. The van der Waals surface area contributed by atoms with Crippen molar-refractivity contribution in [3.8, 4) is 0 Å². The van der Waals surface area contributed by atoms with E-state index in [1.807, 2.05) is 4.90 Å². The van der Waals surface area contributed by atoms with Crippen molar-refractivity contribution in [2.75, 3.05) is 26.7 Å². The van der Waals surface area contributed by atoms with Crippen molar-refractivity contribution in [2.24, 2.45) is 0 Å². The minimum atomic E-state index is -0.270. The van der Waals surface area contributed by atoms with Crippen LogP contribution in [0.25, 0.3) is 10.8 Å². The van der Waals surface area contributed by atoms with Crippen molar-refractivity contribution >= 4 is 16.7 Å². The standard InChI is InChI=1S/C23H24N4O2/c1-26-10-8-23(9-11-26)15-27(14-18-4-2-3-5-20(18)23)22(29)16-6-7-17-13-24-25-21(28)19(17)12-16/h2-7,12-13H,8-11,14-15H2,1H3,(H,25,28). The van der Waals surface area contributed by atoms with Gasteiger partial charge in [-0.1, -0.05) is 30.3 Å². The average molecular weight is 388 g/mol. The van der Waals surface area contributed by atoms with Crippen LogP contribution >= 0.6 is 0 Å². The monoisotopic (exact) mass is 388 g/mol. The Morgan fingerprint density at radius 1 is 1.14 bits per heavy atom. The van der Waals surface area contributed by atoms with E-state index < -0.39 is 0 Å². The lowest BCUT2D eigenvalue weighted by Gasteiger charge is -2.48. The molecule has 29 heavy (non-hydrogen) atoms. The Morgan fingerprint density at radius 2 is 1.93 bits per heavy atom. The molecule has 0 atom stereocenters. The number of piperidine rings is 1. The van der Waals surface area contributed by atoms with Crippen molar-refractivity contribution in [2.45, 2.75) is 24.8 Å². The molecule has 1 amide bonds. The number of aromatic nitrogens is 2. The molecule has 6 nitrogen and oxygen atoms in total. The van der Waals surface area contributed by atoms with E-state index in [1.165, 1.54) is 11.1 Å². The molecule has 0 saturated carbocycles. The molecule has 3 heterocycles. The number of fused-ring (bicyclic) bond motifs is 3. The maximum Gasteiger partial charge on any atom is 0.272 e. The first kappa shape index (κ1) is 18.1. The summed E-state index contributed by atoms with van der Waals surface area (Å²) >= 11 is 0. The highest BCUT2D eigenvalue weighted by Crippen LogP contribution is 2.41. The van der Waals surface area contributed by atoms with Gasteiger partial charge in [0.05, 0.1) is 11.6 Å². The van der Waals surface area contributed by atoms with Gasteiger partial charge in [0.15, 0.2) is 0 Å². The molecule has 5 rings (SSSR count). The normalized spacial score (nSPS) is 18.7. The number of H-pyrrole nitrogens is 1. The van der Waals surface area contributed by atoms with E-state index in [9.17, 15) is 9.59 Å². The summed E-state index contributed by atoms with van der Waals surface area (Å²) in [6.45, 7) is 3.40. The number of carbonyl (C=O) groups excluding carboxylic acids is 1. The number of carbonyl (C=O) groups is 1. The molecule has 2 aliphatic heterocycles. The van der Waals surface area contributed by atoms with Crippen molar-refractivity contribution in [1.82, 2.24) is 20.0 Å². The van der Waals surface area contributed by atoms with Gasteiger partial charge in [0.2, 0.25) is 0 Å². The zero-order valence-electron chi connectivity index (χ0n) is 16.5. The smallest absolute Gasteiger partial charge is 0.272 e. The van der Waals surface area contributed by atoms with Gasteiger partial charge in [-0.2, -0.15) is 5.10 Å². The minimum Gasteiger partial charge on any atom is -0.333 e. The Bertz CT molecular complexity index is 1140. The second kappa shape index (κ2) is 6.81. The Balaban J connectivity index is 1.52. The number of hydrogen-bond donors (Lipinski definition) is 1. The summed E-state index contributed by atoms with van der Waals surface area (Å²) in [5, 5.41) is 7.51. The van der Waals surface area contributed by atoms with E-state index in [0.29, 0.717) is 17.5 Å². The molecule has 0 unspecified atom stereocenters. The molecule has 3 aromatic rings. The molecular formula is C23H24N4O2. The van der Waals surface area contributed by atoms with Crippen molar-refractivity contribution in [1.29, 1.82) is 0 Å². The van der Waals surface area contributed by atoms with Gasteiger partial charge in [0, 0.05) is 29.5 Å². The summed E-state index contributed by atoms with van der Waals surface area (Å²) in [7, 11) is 2.16. The minimum absolute atomic E-state index is 0.00918. The predicted octanol–water partition coefficient (Wildman–Crippen LogP) is 2.54. The number of benzene rings is 2. The molecule has 2 aromatic carbocycles. The van der Waals surface area contributed by atoms with Crippen molar-refractivity contribution in [3.63, 3.8) is 0 Å². The molecule has 148 valence electrons. The highest BCUT2D eigenvalue weighted by atomic mass is 16.2. The van der Waals surface area contributed by atoms with Crippen LogP contribution in [0, 0.1) is 0 Å². The number of aromatic amines is 1. The fourth-order valence-electron chi connectivity index (χ4n) is 4.91. The third-order valence-corrected chi connectivity index (χ3v) is 6.59. The first-order chi connectivity index (χ1) is 14.1. The first-order valence-electron chi connectivity index (χ1n) is 10.1. The molecule has 1 fully saturated rings. The average Bonchev–Trinajstić information content (AvgIpc) is 2.75. The lowest BCUT2D eigenvalue weighted by molar-refractivity contribution is 0.0598. The molecule has 6 heteroatoms. The summed E-state index contributed by atoms with van der Waals surface area (Å²) in [4.78, 5) is 29.9. The molecule has 2 aliphatic rings. The van der Waals surface area contributed by atoms with Gasteiger partial charge in [-0.25, -0.2) is 5.10 Å². The van der Waals surface area contributed by atoms with Crippen LogP contribution in [-0.2, 0) is 12.0 Å². The summed E-state index contributed by atoms with van der Waals surface area (Å²) in [6.07, 6.45) is 3.70. The summed E-state index contributed by atoms with van der Waals surface area (Å²) < 4.78 is 0. The molecule has 1 spiro atoms. The van der Waals surface area contributed by atoms with Crippen LogP contribution in [0.2, 0.25) is 0 Å². The second-order valence-corrected chi connectivity index (χ2v) is 8.40.